The topological polar surface area (TPSA) is 61.0 Å². The van der Waals surface area contributed by atoms with Crippen molar-refractivity contribution in [3.05, 3.63) is 18.0 Å². The molecule has 1 unspecified atom stereocenters. The van der Waals surface area contributed by atoms with Gasteiger partial charge in [0, 0.05) is 25.3 Å². The summed E-state index contributed by atoms with van der Waals surface area (Å²) < 4.78 is 0. The molecule has 1 atom stereocenters. The molecule has 2 N–H and O–H groups in total. The Labute approximate surface area is 108 Å². The number of H-pyrrole nitrogens is 1. The van der Waals surface area contributed by atoms with Gasteiger partial charge in [-0.1, -0.05) is 6.42 Å². The van der Waals surface area contributed by atoms with E-state index in [1.165, 1.54) is 25.8 Å². The second kappa shape index (κ2) is 6.54. The summed E-state index contributed by atoms with van der Waals surface area (Å²) in [5, 5.41) is 9.33. The average Bonchev–Trinajstić information content (AvgIpc) is 2.90. The van der Waals surface area contributed by atoms with Crippen LogP contribution in [0.1, 0.15) is 43.1 Å². The van der Waals surface area contributed by atoms with Crippen molar-refractivity contribution in [1.82, 2.24) is 20.4 Å². The Morgan fingerprint density at radius 1 is 1.61 bits per heavy atom. The molecule has 1 aliphatic heterocycles. The van der Waals surface area contributed by atoms with E-state index in [9.17, 15) is 4.79 Å². The van der Waals surface area contributed by atoms with Crippen LogP contribution < -0.4 is 5.32 Å². The number of nitrogens with zero attached hydrogens (tertiary/aromatic N) is 2. The Balaban J connectivity index is 1.62. The van der Waals surface area contributed by atoms with Crippen LogP contribution in [0.15, 0.2) is 12.3 Å². The molecule has 0 saturated carbocycles. The van der Waals surface area contributed by atoms with Crippen LogP contribution in [0.5, 0.6) is 0 Å². The van der Waals surface area contributed by atoms with E-state index in [1.807, 2.05) is 0 Å². The number of rotatable bonds is 5. The van der Waals surface area contributed by atoms with Gasteiger partial charge in [0.2, 0.25) is 0 Å². The van der Waals surface area contributed by atoms with Gasteiger partial charge in [-0.2, -0.15) is 5.10 Å². The third-order valence-electron chi connectivity index (χ3n) is 3.59. The molecule has 1 amide bonds. The van der Waals surface area contributed by atoms with Gasteiger partial charge in [0.1, 0.15) is 5.69 Å². The Morgan fingerprint density at radius 3 is 3.22 bits per heavy atom. The normalized spacial score (nSPS) is 20.8. The number of likely N-dealkylation sites (tertiary alicyclic amines) is 1. The van der Waals surface area contributed by atoms with Gasteiger partial charge < -0.3 is 10.2 Å². The zero-order valence-corrected chi connectivity index (χ0v) is 11.0. The van der Waals surface area contributed by atoms with Crippen LogP contribution in [0.25, 0.3) is 0 Å². The molecule has 1 aliphatic rings. The average molecular weight is 250 g/mol. The van der Waals surface area contributed by atoms with E-state index in [1.54, 1.807) is 12.3 Å². The number of hydrogen-bond acceptors (Lipinski definition) is 3. The number of carbonyl (C=O) groups is 1. The number of aromatic amines is 1. The fourth-order valence-electron chi connectivity index (χ4n) is 2.45. The van der Waals surface area contributed by atoms with Gasteiger partial charge in [-0.25, -0.2) is 0 Å². The van der Waals surface area contributed by atoms with Crippen molar-refractivity contribution in [3.8, 4) is 0 Å². The lowest BCUT2D eigenvalue weighted by Gasteiger charge is -2.33. The molecule has 0 bridgehead atoms. The van der Waals surface area contributed by atoms with Gasteiger partial charge in [-0.3, -0.25) is 9.89 Å². The minimum atomic E-state index is -0.0702. The first kappa shape index (κ1) is 13.1. The maximum Gasteiger partial charge on any atom is 0.269 e. The molecule has 100 valence electrons. The van der Waals surface area contributed by atoms with Crippen molar-refractivity contribution in [2.75, 3.05) is 19.6 Å². The summed E-state index contributed by atoms with van der Waals surface area (Å²) in [5.41, 5.74) is 0.529. The molecular weight excluding hydrogens is 228 g/mol. The fraction of sp³-hybridized carbons (Fsp3) is 0.692. The summed E-state index contributed by atoms with van der Waals surface area (Å²) >= 11 is 0. The molecule has 5 nitrogen and oxygen atoms in total. The summed E-state index contributed by atoms with van der Waals surface area (Å²) in [6.07, 6.45) is 6.56. The third-order valence-corrected chi connectivity index (χ3v) is 3.59. The highest BCUT2D eigenvalue weighted by molar-refractivity contribution is 5.91. The predicted octanol–water partition coefficient (Wildman–Crippen LogP) is 1.40. The van der Waals surface area contributed by atoms with E-state index in [0.717, 1.165) is 19.5 Å². The molecule has 0 radical (unpaired) electrons. The Morgan fingerprint density at radius 2 is 2.50 bits per heavy atom. The number of piperidine rings is 1. The largest absolute Gasteiger partial charge is 0.351 e. The first-order chi connectivity index (χ1) is 8.77. The molecule has 0 aliphatic carbocycles. The highest BCUT2D eigenvalue weighted by Crippen LogP contribution is 2.15. The number of carbonyl (C=O) groups excluding carboxylic acids is 1. The number of amides is 1. The smallest absolute Gasteiger partial charge is 0.269 e. The van der Waals surface area contributed by atoms with E-state index in [-0.39, 0.29) is 5.91 Å². The number of aromatic nitrogens is 2. The number of nitrogens with one attached hydrogen (secondary N) is 2. The van der Waals surface area contributed by atoms with Crippen LogP contribution in [-0.4, -0.2) is 46.7 Å². The Bertz CT molecular complexity index is 363. The van der Waals surface area contributed by atoms with Crippen LogP contribution in [0, 0.1) is 0 Å². The highest BCUT2D eigenvalue weighted by Gasteiger charge is 2.17. The summed E-state index contributed by atoms with van der Waals surface area (Å²) in [5.74, 6) is -0.0702. The molecule has 2 heterocycles. The SMILES string of the molecule is CC1CCCCN1CCCNC(=O)c1ccn[nH]1. The van der Waals surface area contributed by atoms with Crippen molar-refractivity contribution in [1.29, 1.82) is 0 Å². The minimum absolute atomic E-state index is 0.0702. The third kappa shape index (κ3) is 3.57. The summed E-state index contributed by atoms with van der Waals surface area (Å²) in [4.78, 5) is 14.1. The van der Waals surface area contributed by atoms with Gasteiger partial charge in [0.25, 0.3) is 5.91 Å². The molecule has 1 fully saturated rings. The molecule has 0 spiro atoms. The van der Waals surface area contributed by atoms with E-state index in [4.69, 9.17) is 0 Å². The van der Waals surface area contributed by atoms with E-state index < -0.39 is 0 Å². The van der Waals surface area contributed by atoms with Gasteiger partial charge in [-0.05, 0) is 38.8 Å². The molecule has 18 heavy (non-hydrogen) atoms. The first-order valence-corrected chi connectivity index (χ1v) is 6.79. The second-order valence-electron chi connectivity index (χ2n) is 4.96. The van der Waals surface area contributed by atoms with E-state index in [2.05, 4.69) is 27.3 Å². The van der Waals surface area contributed by atoms with Gasteiger partial charge in [0.05, 0.1) is 0 Å². The van der Waals surface area contributed by atoms with Crippen LogP contribution in [-0.2, 0) is 0 Å². The quantitative estimate of drug-likeness (QED) is 0.777. The molecule has 0 aromatic carbocycles. The van der Waals surface area contributed by atoms with Crippen molar-refractivity contribution in [2.24, 2.45) is 0 Å². The van der Waals surface area contributed by atoms with Gasteiger partial charge in [-0.15, -0.1) is 0 Å². The van der Waals surface area contributed by atoms with E-state index >= 15 is 0 Å². The van der Waals surface area contributed by atoms with Gasteiger partial charge in [0.15, 0.2) is 0 Å². The standard InChI is InChI=1S/C13H22N4O/c1-11-5-2-3-9-17(11)10-4-7-14-13(18)12-6-8-15-16-12/h6,8,11H,2-5,7,9-10H2,1H3,(H,14,18)(H,15,16). The first-order valence-electron chi connectivity index (χ1n) is 6.79. The summed E-state index contributed by atoms with van der Waals surface area (Å²) in [6.45, 7) is 5.30. The minimum Gasteiger partial charge on any atom is -0.351 e. The molecule has 2 rings (SSSR count). The van der Waals surface area contributed by atoms with Gasteiger partial charge >= 0.3 is 0 Å². The van der Waals surface area contributed by atoms with Crippen molar-refractivity contribution >= 4 is 5.91 Å². The van der Waals surface area contributed by atoms with E-state index in [0.29, 0.717) is 11.7 Å². The lowest BCUT2D eigenvalue weighted by atomic mass is 10.0. The van der Waals surface area contributed by atoms with Crippen molar-refractivity contribution < 1.29 is 4.79 Å². The molecular formula is C13H22N4O. The van der Waals surface area contributed by atoms with Crippen LogP contribution in [0.4, 0.5) is 0 Å². The van der Waals surface area contributed by atoms with Crippen LogP contribution >= 0.6 is 0 Å². The molecule has 1 aromatic heterocycles. The second-order valence-corrected chi connectivity index (χ2v) is 4.96. The highest BCUT2D eigenvalue weighted by atomic mass is 16.1. The zero-order chi connectivity index (χ0) is 12.8. The molecule has 1 aromatic rings. The molecule has 1 saturated heterocycles. The Kier molecular flexibility index (Phi) is 4.75. The summed E-state index contributed by atoms with van der Waals surface area (Å²) in [6, 6.07) is 2.38. The predicted molar refractivity (Wildman–Crippen MR) is 70.4 cm³/mol. The van der Waals surface area contributed by atoms with Crippen LogP contribution in [0.2, 0.25) is 0 Å². The van der Waals surface area contributed by atoms with Crippen molar-refractivity contribution in [2.45, 2.75) is 38.6 Å². The maximum absolute atomic E-state index is 11.6. The van der Waals surface area contributed by atoms with Crippen molar-refractivity contribution in [3.63, 3.8) is 0 Å². The lowest BCUT2D eigenvalue weighted by molar-refractivity contribution is 0.0944. The van der Waals surface area contributed by atoms with Crippen LogP contribution in [0.3, 0.4) is 0 Å². The Hall–Kier alpha value is -1.36. The fourth-order valence-corrected chi connectivity index (χ4v) is 2.45. The lowest BCUT2D eigenvalue weighted by Crippen LogP contribution is -2.39. The maximum atomic E-state index is 11.6. The monoisotopic (exact) mass is 250 g/mol. The summed E-state index contributed by atoms with van der Waals surface area (Å²) in [7, 11) is 0. The number of hydrogen-bond donors (Lipinski definition) is 2. The molecule has 5 heteroatoms. The zero-order valence-electron chi connectivity index (χ0n) is 11.0.